The van der Waals surface area contributed by atoms with E-state index in [9.17, 15) is 9.59 Å². The molecule has 2 heterocycles. The van der Waals surface area contributed by atoms with E-state index >= 15 is 0 Å². The van der Waals surface area contributed by atoms with Crippen LogP contribution in [0.15, 0.2) is 41.8 Å². The van der Waals surface area contributed by atoms with Crippen molar-refractivity contribution in [3.05, 3.63) is 52.2 Å². The van der Waals surface area contributed by atoms with Crippen LogP contribution in [0, 0.1) is 0 Å². The summed E-state index contributed by atoms with van der Waals surface area (Å²) in [5.74, 6) is -0.0659. The largest absolute Gasteiger partial charge is 0.345 e. The van der Waals surface area contributed by atoms with E-state index in [4.69, 9.17) is 0 Å². The Labute approximate surface area is 152 Å². The van der Waals surface area contributed by atoms with E-state index in [1.807, 2.05) is 0 Å². The van der Waals surface area contributed by atoms with Gasteiger partial charge in [0.05, 0.1) is 6.54 Å². The lowest BCUT2D eigenvalue weighted by Crippen LogP contribution is -2.32. The highest BCUT2D eigenvalue weighted by Crippen LogP contribution is 2.34. The van der Waals surface area contributed by atoms with Crippen molar-refractivity contribution in [1.82, 2.24) is 9.80 Å². The Morgan fingerprint density at radius 2 is 2.00 bits per heavy atom. The summed E-state index contributed by atoms with van der Waals surface area (Å²) in [6, 6.07) is 11.6. The zero-order chi connectivity index (χ0) is 17.8. The number of benzene rings is 1. The molecule has 1 aromatic heterocycles. The van der Waals surface area contributed by atoms with Crippen LogP contribution in [0.1, 0.15) is 34.1 Å². The van der Waals surface area contributed by atoms with Gasteiger partial charge < -0.3 is 10.2 Å². The number of carbonyl (C=O) groups excluding carboxylic acids is 2. The molecule has 5 nitrogen and oxygen atoms in total. The second-order valence-corrected chi connectivity index (χ2v) is 7.45. The summed E-state index contributed by atoms with van der Waals surface area (Å²) in [5.41, 5.74) is 1.33. The number of hydrogen-bond acceptors (Lipinski definition) is 4. The summed E-state index contributed by atoms with van der Waals surface area (Å²) in [4.78, 5) is 29.4. The lowest BCUT2D eigenvalue weighted by atomic mass is 10.2. The highest BCUT2D eigenvalue weighted by Gasteiger charge is 2.28. The average molecular weight is 357 g/mol. The maximum absolute atomic E-state index is 12.4. The Morgan fingerprint density at radius 1 is 1.24 bits per heavy atom. The van der Waals surface area contributed by atoms with E-state index in [2.05, 4.69) is 27.7 Å². The van der Waals surface area contributed by atoms with E-state index in [0.717, 1.165) is 19.4 Å². The number of nitrogens with one attached hydrogen (secondary N) is 1. The first-order valence-corrected chi connectivity index (χ1v) is 9.31. The minimum atomic E-state index is -0.0475. The molecule has 0 saturated carbocycles. The van der Waals surface area contributed by atoms with Gasteiger partial charge in [0.15, 0.2) is 0 Å². The molecule has 0 unspecified atom stereocenters. The number of anilines is 1. The summed E-state index contributed by atoms with van der Waals surface area (Å²) >= 11 is 1.75. The van der Waals surface area contributed by atoms with Crippen LogP contribution < -0.4 is 5.32 Å². The van der Waals surface area contributed by atoms with Gasteiger partial charge in [-0.15, -0.1) is 11.3 Å². The van der Waals surface area contributed by atoms with E-state index in [0.29, 0.717) is 23.8 Å². The molecule has 2 amide bonds. The number of nitrogens with zero attached hydrogens (tertiary/aromatic N) is 2. The molecule has 1 aliphatic heterocycles. The van der Waals surface area contributed by atoms with E-state index in [1.54, 1.807) is 49.7 Å². The van der Waals surface area contributed by atoms with Gasteiger partial charge in [0.25, 0.3) is 5.91 Å². The van der Waals surface area contributed by atoms with Crippen LogP contribution in [-0.2, 0) is 4.79 Å². The molecule has 1 fully saturated rings. The van der Waals surface area contributed by atoms with Gasteiger partial charge in [-0.05, 0) is 55.1 Å². The molecule has 6 heteroatoms. The number of hydrogen-bond donors (Lipinski definition) is 1. The zero-order valence-corrected chi connectivity index (χ0v) is 15.4. The van der Waals surface area contributed by atoms with Crippen LogP contribution in [0.3, 0.4) is 0 Å². The SMILES string of the molecule is CN(C)C(=O)c1ccc(NC(=O)CN2CCC[C@H]2c2cccs2)cc1. The number of carbonyl (C=O) groups is 2. The molecule has 0 spiro atoms. The third kappa shape index (κ3) is 4.27. The molecule has 0 aliphatic carbocycles. The molecule has 3 rings (SSSR count). The molecule has 2 aromatic rings. The first-order valence-electron chi connectivity index (χ1n) is 8.43. The fraction of sp³-hybridized carbons (Fsp3) is 0.368. The zero-order valence-electron chi connectivity index (χ0n) is 14.6. The van der Waals surface area contributed by atoms with E-state index < -0.39 is 0 Å². The first kappa shape index (κ1) is 17.6. The number of rotatable bonds is 5. The predicted molar refractivity (Wildman–Crippen MR) is 101 cm³/mol. The highest BCUT2D eigenvalue weighted by atomic mass is 32.1. The van der Waals surface area contributed by atoms with Crippen molar-refractivity contribution in [3.8, 4) is 0 Å². The number of likely N-dealkylation sites (tertiary alicyclic amines) is 1. The quantitative estimate of drug-likeness (QED) is 0.894. The molecule has 0 bridgehead atoms. The molecule has 25 heavy (non-hydrogen) atoms. The fourth-order valence-corrected chi connectivity index (χ4v) is 4.05. The van der Waals surface area contributed by atoms with Crippen LogP contribution in [0.2, 0.25) is 0 Å². The van der Waals surface area contributed by atoms with Gasteiger partial charge in [-0.25, -0.2) is 0 Å². The second kappa shape index (κ2) is 7.80. The Bertz CT molecular complexity index is 726. The molecule has 1 aromatic carbocycles. The van der Waals surface area contributed by atoms with Crippen LogP contribution in [-0.4, -0.2) is 48.8 Å². The lowest BCUT2D eigenvalue weighted by Gasteiger charge is -2.22. The Morgan fingerprint density at radius 3 is 2.64 bits per heavy atom. The minimum absolute atomic E-state index is 0.0184. The minimum Gasteiger partial charge on any atom is -0.345 e. The summed E-state index contributed by atoms with van der Waals surface area (Å²) < 4.78 is 0. The van der Waals surface area contributed by atoms with Gasteiger partial charge in [-0.2, -0.15) is 0 Å². The predicted octanol–water partition coefficient (Wildman–Crippen LogP) is 3.23. The lowest BCUT2D eigenvalue weighted by molar-refractivity contribution is -0.117. The maximum atomic E-state index is 12.4. The summed E-state index contributed by atoms with van der Waals surface area (Å²) in [6.07, 6.45) is 2.23. The smallest absolute Gasteiger partial charge is 0.253 e. The molecular formula is C19H23N3O2S. The van der Waals surface area contributed by atoms with Gasteiger partial charge in [-0.1, -0.05) is 6.07 Å². The van der Waals surface area contributed by atoms with Crippen molar-refractivity contribution in [2.45, 2.75) is 18.9 Å². The first-order chi connectivity index (χ1) is 12.0. The standard InChI is InChI=1S/C19H23N3O2S/c1-21(2)19(24)14-7-9-15(10-8-14)20-18(23)13-22-11-3-5-16(22)17-6-4-12-25-17/h4,6-10,12,16H,3,5,11,13H2,1-2H3,(H,20,23)/t16-/m0/s1. The van der Waals surface area contributed by atoms with Crippen molar-refractivity contribution in [2.24, 2.45) is 0 Å². The van der Waals surface area contributed by atoms with Gasteiger partial charge in [0, 0.05) is 36.3 Å². The monoisotopic (exact) mass is 357 g/mol. The van der Waals surface area contributed by atoms with Crippen LogP contribution in [0.25, 0.3) is 0 Å². The molecule has 0 radical (unpaired) electrons. The third-order valence-corrected chi connectivity index (χ3v) is 5.38. The highest BCUT2D eigenvalue weighted by molar-refractivity contribution is 7.10. The van der Waals surface area contributed by atoms with Gasteiger partial charge in [0.1, 0.15) is 0 Å². The fourth-order valence-electron chi connectivity index (χ4n) is 3.16. The van der Waals surface area contributed by atoms with Crippen molar-refractivity contribution in [2.75, 3.05) is 32.5 Å². The molecule has 1 atom stereocenters. The average Bonchev–Trinajstić information content (AvgIpc) is 3.25. The summed E-state index contributed by atoms with van der Waals surface area (Å²) in [5, 5.41) is 5.01. The van der Waals surface area contributed by atoms with Crippen LogP contribution in [0.4, 0.5) is 5.69 Å². The van der Waals surface area contributed by atoms with Crippen molar-refractivity contribution in [1.29, 1.82) is 0 Å². The van der Waals surface area contributed by atoms with E-state index in [1.165, 1.54) is 9.78 Å². The molecule has 1 aliphatic rings. The number of thiophene rings is 1. The summed E-state index contributed by atoms with van der Waals surface area (Å²) in [7, 11) is 3.44. The van der Waals surface area contributed by atoms with Gasteiger partial charge in [0.2, 0.25) is 5.91 Å². The Balaban J connectivity index is 1.58. The Kier molecular flexibility index (Phi) is 5.50. The Hall–Kier alpha value is -2.18. The topological polar surface area (TPSA) is 52.7 Å². The van der Waals surface area contributed by atoms with E-state index in [-0.39, 0.29) is 11.8 Å². The van der Waals surface area contributed by atoms with Crippen molar-refractivity contribution >= 4 is 28.8 Å². The molecule has 1 saturated heterocycles. The van der Waals surface area contributed by atoms with Crippen LogP contribution >= 0.6 is 11.3 Å². The molecule has 1 N–H and O–H groups in total. The molecule has 132 valence electrons. The maximum Gasteiger partial charge on any atom is 0.253 e. The second-order valence-electron chi connectivity index (χ2n) is 6.47. The van der Waals surface area contributed by atoms with Crippen molar-refractivity contribution < 1.29 is 9.59 Å². The van der Waals surface area contributed by atoms with Gasteiger partial charge in [-0.3, -0.25) is 14.5 Å². The summed E-state index contributed by atoms with van der Waals surface area (Å²) in [6.45, 7) is 1.34. The van der Waals surface area contributed by atoms with Gasteiger partial charge >= 0.3 is 0 Å². The normalized spacial score (nSPS) is 17.4. The molecular weight excluding hydrogens is 334 g/mol. The van der Waals surface area contributed by atoms with Crippen molar-refractivity contribution in [3.63, 3.8) is 0 Å². The number of amides is 2. The van der Waals surface area contributed by atoms with Crippen LogP contribution in [0.5, 0.6) is 0 Å². The third-order valence-electron chi connectivity index (χ3n) is 4.40.